The number of nitrogens with zero attached hydrogens (tertiary/aromatic N) is 1. The summed E-state index contributed by atoms with van der Waals surface area (Å²) in [5.41, 5.74) is -0.0144. The summed E-state index contributed by atoms with van der Waals surface area (Å²) in [6.45, 7) is 3.39. The number of thiazole rings is 1. The molecule has 0 aliphatic heterocycles. The van der Waals surface area contributed by atoms with Gasteiger partial charge in [0, 0.05) is 0 Å². The molecule has 0 radical (unpaired) electrons. The standard InChI is InChI=1S/C12H9F2NOS/c1-6-12(17-7(2)15-6)11(16)10-8(13)4-3-5-9(10)14/h3-5H,1-2H3. The van der Waals surface area contributed by atoms with Gasteiger partial charge in [0.2, 0.25) is 5.78 Å². The summed E-state index contributed by atoms with van der Waals surface area (Å²) in [6, 6.07) is 3.37. The van der Waals surface area contributed by atoms with Gasteiger partial charge in [-0.05, 0) is 26.0 Å². The van der Waals surface area contributed by atoms with Crippen LogP contribution >= 0.6 is 11.3 Å². The van der Waals surface area contributed by atoms with Crippen LogP contribution in [0.1, 0.15) is 25.9 Å². The summed E-state index contributed by atoms with van der Waals surface area (Å²) in [4.78, 5) is 16.4. The van der Waals surface area contributed by atoms with Crippen molar-refractivity contribution in [3.8, 4) is 0 Å². The van der Waals surface area contributed by atoms with E-state index < -0.39 is 23.0 Å². The zero-order valence-electron chi connectivity index (χ0n) is 9.25. The van der Waals surface area contributed by atoms with Crippen LogP contribution in [-0.4, -0.2) is 10.8 Å². The topological polar surface area (TPSA) is 30.0 Å². The first-order chi connectivity index (χ1) is 8.00. The second-order valence-corrected chi connectivity index (χ2v) is 4.78. The Balaban J connectivity index is 2.55. The molecule has 0 saturated carbocycles. The first kappa shape index (κ1) is 11.9. The second kappa shape index (κ2) is 4.33. The van der Waals surface area contributed by atoms with E-state index in [4.69, 9.17) is 0 Å². The van der Waals surface area contributed by atoms with Crippen molar-refractivity contribution in [2.75, 3.05) is 0 Å². The minimum absolute atomic E-state index is 0.284. The molecule has 0 fully saturated rings. The average Bonchev–Trinajstić information content (AvgIpc) is 2.57. The number of hydrogen-bond donors (Lipinski definition) is 0. The molecule has 0 spiro atoms. The van der Waals surface area contributed by atoms with Crippen molar-refractivity contribution in [2.24, 2.45) is 0 Å². The van der Waals surface area contributed by atoms with Crippen LogP contribution in [-0.2, 0) is 0 Å². The van der Waals surface area contributed by atoms with Gasteiger partial charge in [-0.3, -0.25) is 4.79 Å². The Bertz CT molecular complexity index is 572. The van der Waals surface area contributed by atoms with E-state index in [1.54, 1.807) is 13.8 Å². The molecule has 0 atom stereocenters. The van der Waals surface area contributed by atoms with Crippen molar-refractivity contribution < 1.29 is 13.6 Å². The van der Waals surface area contributed by atoms with Crippen molar-refractivity contribution in [3.63, 3.8) is 0 Å². The Hall–Kier alpha value is -1.62. The average molecular weight is 253 g/mol. The highest BCUT2D eigenvalue weighted by atomic mass is 32.1. The van der Waals surface area contributed by atoms with E-state index in [-0.39, 0.29) is 4.88 Å². The van der Waals surface area contributed by atoms with E-state index in [0.29, 0.717) is 10.7 Å². The van der Waals surface area contributed by atoms with Gasteiger partial charge in [0.15, 0.2) is 0 Å². The quantitative estimate of drug-likeness (QED) is 0.769. The van der Waals surface area contributed by atoms with E-state index in [1.165, 1.54) is 6.07 Å². The molecule has 0 amide bonds. The third kappa shape index (κ3) is 2.10. The molecule has 1 aromatic carbocycles. The minimum Gasteiger partial charge on any atom is -0.287 e. The molecule has 5 heteroatoms. The Morgan fingerprint density at radius 3 is 2.29 bits per heavy atom. The molecular weight excluding hydrogens is 244 g/mol. The minimum atomic E-state index is -0.847. The van der Waals surface area contributed by atoms with E-state index in [2.05, 4.69) is 4.98 Å². The van der Waals surface area contributed by atoms with E-state index in [9.17, 15) is 13.6 Å². The fourth-order valence-electron chi connectivity index (χ4n) is 1.57. The lowest BCUT2D eigenvalue weighted by molar-refractivity contribution is 0.103. The molecule has 17 heavy (non-hydrogen) atoms. The summed E-state index contributed by atoms with van der Waals surface area (Å²) in [5.74, 6) is -2.34. The summed E-state index contributed by atoms with van der Waals surface area (Å²) in [7, 11) is 0. The van der Waals surface area contributed by atoms with Gasteiger partial charge < -0.3 is 0 Å². The van der Waals surface area contributed by atoms with Gasteiger partial charge in [0.25, 0.3) is 0 Å². The van der Waals surface area contributed by atoms with Crippen LogP contribution in [0.3, 0.4) is 0 Å². The molecule has 1 aromatic heterocycles. The molecule has 0 saturated heterocycles. The van der Waals surface area contributed by atoms with Gasteiger partial charge in [0.05, 0.1) is 21.1 Å². The predicted octanol–water partition coefficient (Wildman–Crippen LogP) is 3.27. The van der Waals surface area contributed by atoms with Crippen LogP contribution in [0.15, 0.2) is 18.2 Å². The van der Waals surface area contributed by atoms with Gasteiger partial charge in [0.1, 0.15) is 11.6 Å². The third-order valence-electron chi connectivity index (χ3n) is 2.30. The predicted molar refractivity (Wildman–Crippen MR) is 61.4 cm³/mol. The molecule has 88 valence electrons. The number of aromatic nitrogens is 1. The highest BCUT2D eigenvalue weighted by molar-refractivity contribution is 7.14. The summed E-state index contributed by atoms with van der Waals surface area (Å²) < 4.78 is 26.9. The summed E-state index contributed by atoms with van der Waals surface area (Å²) in [5, 5.41) is 0.697. The van der Waals surface area contributed by atoms with Crippen LogP contribution in [0.5, 0.6) is 0 Å². The third-order valence-corrected chi connectivity index (χ3v) is 3.37. The lowest BCUT2D eigenvalue weighted by atomic mass is 10.1. The molecule has 0 aliphatic carbocycles. The lowest BCUT2D eigenvalue weighted by Gasteiger charge is -2.02. The second-order valence-electron chi connectivity index (χ2n) is 3.57. The smallest absolute Gasteiger partial charge is 0.210 e. The van der Waals surface area contributed by atoms with E-state index in [0.717, 1.165) is 23.5 Å². The van der Waals surface area contributed by atoms with Gasteiger partial charge in [-0.25, -0.2) is 13.8 Å². The fourth-order valence-corrected chi connectivity index (χ4v) is 2.44. The molecular formula is C12H9F2NOS. The summed E-state index contributed by atoms with van der Waals surface area (Å²) in [6.07, 6.45) is 0. The first-order valence-electron chi connectivity index (χ1n) is 4.93. The Kier molecular flexibility index (Phi) is 3.02. The number of rotatable bonds is 2. The monoisotopic (exact) mass is 253 g/mol. The van der Waals surface area contributed by atoms with Crippen molar-refractivity contribution in [2.45, 2.75) is 13.8 Å². The molecule has 0 N–H and O–H groups in total. The first-order valence-corrected chi connectivity index (χ1v) is 5.75. The van der Waals surface area contributed by atoms with Crippen molar-refractivity contribution in [1.82, 2.24) is 4.98 Å². The number of hydrogen-bond acceptors (Lipinski definition) is 3. The fraction of sp³-hybridized carbons (Fsp3) is 0.167. The zero-order chi connectivity index (χ0) is 12.6. The number of aryl methyl sites for hydroxylation is 2. The maximum Gasteiger partial charge on any atom is 0.210 e. The van der Waals surface area contributed by atoms with Crippen molar-refractivity contribution in [3.05, 3.63) is 51.0 Å². The maximum absolute atomic E-state index is 13.4. The normalized spacial score (nSPS) is 10.6. The zero-order valence-corrected chi connectivity index (χ0v) is 10.1. The molecule has 0 aliphatic rings. The van der Waals surface area contributed by atoms with Crippen LogP contribution < -0.4 is 0 Å². The van der Waals surface area contributed by atoms with Crippen LogP contribution in [0.2, 0.25) is 0 Å². The number of halogens is 2. The largest absolute Gasteiger partial charge is 0.287 e. The molecule has 2 nitrogen and oxygen atoms in total. The molecule has 0 bridgehead atoms. The Morgan fingerprint density at radius 1 is 1.24 bits per heavy atom. The van der Waals surface area contributed by atoms with Gasteiger partial charge in [-0.1, -0.05) is 6.07 Å². The lowest BCUT2D eigenvalue weighted by Crippen LogP contribution is -2.07. The van der Waals surface area contributed by atoms with E-state index in [1.807, 2.05) is 0 Å². The summed E-state index contributed by atoms with van der Waals surface area (Å²) >= 11 is 1.14. The van der Waals surface area contributed by atoms with Crippen molar-refractivity contribution in [1.29, 1.82) is 0 Å². The van der Waals surface area contributed by atoms with Gasteiger partial charge in [-0.15, -0.1) is 11.3 Å². The highest BCUT2D eigenvalue weighted by Gasteiger charge is 2.22. The molecule has 2 rings (SSSR count). The molecule has 0 unspecified atom stereocenters. The van der Waals surface area contributed by atoms with Crippen LogP contribution in [0, 0.1) is 25.5 Å². The highest BCUT2D eigenvalue weighted by Crippen LogP contribution is 2.23. The number of benzene rings is 1. The van der Waals surface area contributed by atoms with Crippen molar-refractivity contribution >= 4 is 17.1 Å². The SMILES string of the molecule is Cc1nc(C)c(C(=O)c2c(F)cccc2F)s1. The van der Waals surface area contributed by atoms with Gasteiger partial charge in [-0.2, -0.15) is 0 Å². The molecule has 1 heterocycles. The molecule has 2 aromatic rings. The van der Waals surface area contributed by atoms with Gasteiger partial charge >= 0.3 is 0 Å². The number of carbonyl (C=O) groups is 1. The van der Waals surface area contributed by atoms with Crippen LogP contribution in [0.25, 0.3) is 0 Å². The Morgan fingerprint density at radius 2 is 1.82 bits per heavy atom. The number of carbonyl (C=O) groups excluding carboxylic acids is 1. The maximum atomic E-state index is 13.4. The van der Waals surface area contributed by atoms with E-state index >= 15 is 0 Å². The number of ketones is 1. The van der Waals surface area contributed by atoms with Crippen LogP contribution in [0.4, 0.5) is 8.78 Å². The Labute approximate surface area is 101 Å².